The van der Waals surface area contributed by atoms with Crippen LogP contribution in [0.25, 0.3) is 0 Å². The van der Waals surface area contributed by atoms with Gasteiger partial charge in [0.15, 0.2) is 5.96 Å². The highest BCUT2D eigenvalue weighted by atomic mass is 127. The Morgan fingerprint density at radius 2 is 2.11 bits per heavy atom. The minimum absolute atomic E-state index is 0. The molecule has 0 spiro atoms. The highest BCUT2D eigenvalue weighted by Crippen LogP contribution is 2.31. The molecule has 1 saturated heterocycles. The van der Waals surface area contributed by atoms with Crippen LogP contribution in [0.2, 0.25) is 0 Å². The third-order valence-electron chi connectivity index (χ3n) is 4.96. The smallest absolute Gasteiger partial charge is 0.191 e. The van der Waals surface area contributed by atoms with Crippen LogP contribution in [0.4, 0.5) is 5.69 Å². The summed E-state index contributed by atoms with van der Waals surface area (Å²) in [5.41, 5.74) is 2.51. The molecule has 1 aromatic carbocycles. The summed E-state index contributed by atoms with van der Waals surface area (Å²) in [6.07, 6.45) is 1.18. The zero-order chi connectivity index (χ0) is 19.1. The van der Waals surface area contributed by atoms with E-state index in [2.05, 4.69) is 53.0 Å². The van der Waals surface area contributed by atoms with Crippen molar-refractivity contribution in [1.82, 2.24) is 10.6 Å². The molecule has 1 aliphatic heterocycles. The summed E-state index contributed by atoms with van der Waals surface area (Å²) in [5, 5.41) is 9.02. The van der Waals surface area contributed by atoms with Gasteiger partial charge in [-0.3, -0.25) is 0 Å². The van der Waals surface area contributed by atoms with Crippen molar-refractivity contribution >= 4 is 47.0 Å². The first-order valence-electron chi connectivity index (χ1n) is 9.64. The molecule has 5 nitrogen and oxygen atoms in total. The SMILES string of the molecule is CCNC(=NCc1sccc1C)NCC1CCN(c2ccccc2OC)C1.I. The molecule has 154 valence electrons. The molecule has 2 heterocycles. The zero-order valence-electron chi connectivity index (χ0n) is 16.9. The highest BCUT2D eigenvalue weighted by molar-refractivity contribution is 14.0. The van der Waals surface area contributed by atoms with Gasteiger partial charge in [0.05, 0.1) is 19.3 Å². The highest BCUT2D eigenvalue weighted by Gasteiger charge is 2.24. The van der Waals surface area contributed by atoms with Crippen LogP contribution < -0.4 is 20.3 Å². The maximum Gasteiger partial charge on any atom is 0.191 e. The molecular formula is C21H31IN4OS. The first kappa shape index (κ1) is 22.8. The number of para-hydroxylation sites is 2. The fourth-order valence-electron chi connectivity index (χ4n) is 3.41. The third kappa shape index (κ3) is 6.01. The molecule has 3 rings (SSSR count). The number of rotatable bonds is 7. The van der Waals surface area contributed by atoms with E-state index in [-0.39, 0.29) is 24.0 Å². The molecule has 1 unspecified atom stereocenters. The van der Waals surface area contributed by atoms with Crippen molar-refractivity contribution in [3.05, 3.63) is 46.2 Å². The molecule has 1 aromatic heterocycles. The monoisotopic (exact) mass is 514 g/mol. The van der Waals surface area contributed by atoms with Crippen LogP contribution >= 0.6 is 35.3 Å². The molecule has 2 N–H and O–H groups in total. The van der Waals surface area contributed by atoms with Crippen molar-refractivity contribution in [1.29, 1.82) is 0 Å². The van der Waals surface area contributed by atoms with Gasteiger partial charge in [-0.25, -0.2) is 4.99 Å². The first-order chi connectivity index (χ1) is 13.2. The van der Waals surface area contributed by atoms with E-state index >= 15 is 0 Å². The van der Waals surface area contributed by atoms with Crippen LogP contribution in [-0.2, 0) is 6.54 Å². The number of guanidine groups is 1. The Morgan fingerprint density at radius 1 is 1.29 bits per heavy atom. The summed E-state index contributed by atoms with van der Waals surface area (Å²) < 4.78 is 5.51. The van der Waals surface area contributed by atoms with Crippen molar-refractivity contribution in [3.63, 3.8) is 0 Å². The number of nitrogens with zero attached hydrogens (tertiary/aromatic N) is 2. The standard InChI is InChI=1S/C21H30N4OS.HI/c1-4-22-21(24-14-20-16(2)10-12-27-20)23-13-17-9-11-25(15-17)18-7-5-6-8-19(18)26-3;/h5-8,10,12,17H,4,9,11,13-15H2,1-3H3,(H2,22,23,24);1H. The second-order valence-electron chi connectivity index (χ2n) is 6.88. The van der Waals surface area contributed by atoms with Gasteiger partial charge in [0.25, 0.3) is 0 Å². The predicted molar refractivity (Wildman–Crippen MR) is 131 cm³/mol. The molecule has 0 aliphatic carbocycles. The van der Waals surface area contributed by atoms with Crippen LogP contribution in [0, 0.1) is 12.8 Å². The minimum atomic E-state index is 0. The molecule has 0 radical (unpaired) electrons. The van der Waals surface area contributed by atoms with Crippen LogP contribution in [0.5, 0.6) is 5.75 Å². The molecule has 2 aromatic rings. The molecule has 7 heteroatoms. The number of benzene rings is 1. The molecule has 1 fully saturated rings. The Kier molecular flexibility index (Phi) is 9.37. The average Bonchev–Trinajstić information content (AvgIpc) is 3.33. The van der Waals surface area contributed by atoms with E-state index in [0.717, 1.165) is 44.4 Å². The van der Waals surface area contributed by atoms with Crippen molar-refractivity contribution < 1.29 is 4.74 Å². The number of hydrogen-bond acceptors (Lipinski definition) is 4. The second kappa shape index (κ2) is 11.5. The lowest BCUT2D eigenvalue weighted by molar-refractivity contribution is 0.414. The Labute approximate surface area is 189 Å². The number of anilines is 1. The number of nitrogens with one attached hydrogen (secondary N) is 2. The predicted octanol–water partition coefficient (Wildman–Crippen LogP) is 4.26. The minimum Gasteiger partial charge on any atom is -0.495 e. The van der Waals surface area contributed by atoms with E-state index in [1.165, 1.54) is 22.5 Å². The number of ether oxygens (including phenoxy) is 1. The van der Waals surface area contributed by atoms with Crippen molar-refractivity contribution in [2.75, 3.05) is 38.2 Å². The van der Waals surface area contributed by atoms with Crippen LogP contribution in [0.3, 0.4) is 0 Å². The van der Waals surface area contributed by atoms with E-state index in [0.29, 0.717) is 5.92 Å². The summed E-state index contributed by atoms with van der Waals surface area (Å²) in [7, 11) is 1.74. The van der Waals surface area contributed by atoms with E-state index < -0.39 is 0 Å². The lowest BCUT2D eigenvalue weighted by atomic mass is 10.1. The second-order valence-corrected chi connectivity index (χ2v) is 7.88. The normalized spacial score (nSPS) is 16.6. The summed E-state index contributed by atoms with van der Waals surface area (Å²) in [6, 6.07) is 10.4. The van der Waals surface area contributed by atoms with E-state index in [9.17, 15) is 0 Å². The van der Waals surface area contributed by atoms with Crippen LogP contribution in [-0.4, -0.2) is 39.2 Å². The van der Waals surface area contributed by atoms with Crippen molar-refractivity contribution in [2.45, 2.75) is 26.8 Å². The summed E-state index contributed by atoms with van der Waals surface area (Å²) in [4.78, 5) is 8.50. The van der Waals surface area contributed by atoms with Gasteiger partial charge in [-0.15, -0.1) is 35.3 Å². The lowest BCUT2D eigenvalue weighted by Crippen LogP contribution is -2.40. The van der Waals surface area contributed by atoms with Gasteiger partial charge in [0, 0.05) is 31.1 Å². The summed E-state index contributed by atoms with van der Waals surface area (Å²) >= 11 is 1.77. The molecule has 1 aliphatic rings. The van der Waals surface area contributed by atoms with Gasteiger partial charge in [0.1, 0.15) is 5.75 Å². The van der Waals surface area contributed by atoms with E-state index in [1.807, 2.05) is 12.1 Å². The molecule has 28 heavy (non-hydrogen) atoms. The van der Waals surface area contributed by atoms with Gasteiger partial charge < -0.3 is 20.3 Å². The fraction of sp³-hybridized carbons (Fsp3) is 0.476. The maximum absolute atomic E-state index is 5.51. The Hall–Kier alpha value is -1.48. The van der Waals surface area contributed by atoms with Crippen LogP contribution in [0.1, 0.15) is 23.8 Å². The molecule has 0 bridgehead atoms. The Balaban J connectivity index is 0.00000280. The first-order valence-corrected chi connectivity index (χ1v) is 10.5. The largest absolute Gasteiger partial charge is 0.495 e. The maximum atomic E-state index is 5.51. The number of thiophene rings is 1. The number of aliphatic imine (C=N–C) groups is 1. The van der Waals surface area contributed by atoms with Gasteiger partial charge in [0.2, 0.25) is 0 Å². The molecule has 0 amide bonds. The average molecular weight is 514 g/mol. The number of hydrogen-bond donors (Lipinski definition) is 2. The van der Waals surface area contributed by atoms with Crippen molar-refractivity contribution in [3.8, 4) is 5.75 Å². The molecule has 1 atom stereocenters. The number of halogens is 1. The number of methoxy groups -OCH3 is 1. The topological polar surface area (TPSA) is 48.9 Å². The fourth-order valence-corrected chi connectivity index (χ4v) is 4.24. The quantitative estimate of drug-likeness (QED) is 0.329. The number of aryl methyl sites for hydroxylation is 1. The van der Waals surface area contributed by atoms with E-state index in [4.69, 9.17) is 9.73 Å². The van der Waals surface area contributed by atoms with Gasteiger partial charge in [-0.05, 0) is 55.3 Å². The Morgan fingerprint density at radius 3 is 2.82 bits per heavy atom. The van der Waals surface area contributed by atoms with E-state index in [1.54, 1.807) is 18.4 Å². The lowest BCUT2D eigenvalue weighted by Gasteiger charge is -2.21. The Bertz CT molecular complexity index is 764. The molecule has 0 saturated carbocycles. The van der Waals surface area contributed by atoms with Gasteiger partial charge in [-0.1, -0.05) is 12.1 Å². The third-order valence-corrected chi connectivity index (χ3v) is 5.97. The van der Waals surface area contributed by atoms with Gasteiger partial charge >= 0.3 is 0 Å². The van der Waals surface area contributed by atoms with Gasteiger partial charge in [-0.2, -0.15) is 0 Å². The zero-order valence-corrected chi connectivity index (χ0v) is 20.1. The van der Waals surface area contributed by atoms with Crippen molar-refractivity contribution in [2.24, 2.45) is 10.9 Å². The van der Waals surface area contributed by atoms with Crippen LogP contribution in [0.15, 0.2) is 40.7 Å². The summed E-state index contributed by atoms with van der Waals surface area (Å²) in [5.74, 6) is 2.45. The summed E-state index contributed by atoms with van der Waals surface area (Å²) in [6.45, 7) is 8.88. The molecular weight excluding hydrogens is 483 g/mol.